The molecule has 0 amide bonds. The monoisotopic (exact) mass is 804 g/mol. The summed E-state index contributed by atoms with van der Waals surface area (Å²) in [6.07, 6.45) is 0. The van der Waals surface area contributed by atoms with Gasteiger partial charge in [0, 0.05) is 54.8 Å². The molecule has 0 saturated carbocycles. The summed E-state index contributed by atoms with van der Waals surface area (Å²) in [4.78, 5) is 16.1. The Bertz CT molecular complexity index is 3900. The van der Waals surface area contributed by atoms with Crippen molar-refractivity contribution in [1.82, 2.24) is 28.7 Å². The first kappa shape index (κ1) is 35.2. The fourth-order valence-corrected chi connectivity index (χ4v) is 9.71. The second-order valence-corrected chi connectivity index (χ2v) is 16.0. The van der Waals surface area contributed by atoms with Gasteiger partial charge in [0.1, 0.15) is 0 Å². The summed E-state index contributed by atoms with van der Waals surface area (Å²) in [7, 11) is 0. The highest BCUT2D eigenvalue weighted by Gasteiger charge is 2.24. The molecule has 9 aromatic carbocycles. The van der Waals surface area contributed by atoms with E-state index in [1.54, 1.807) is 0 Å². The van der Waals surface area contributed by atoms with Crippen molar-refractivity contribution in [1.29, 1.82) is 0 Å². The average Bonchev–Trinajstić information content (AvgIpc) is 4.00. The molecular formula is C57H36N6. The van der Waals surface area contributed by atoms with Crippen LogP contribution in [0.3, 0.4) is 0 Å². The summed E-state index contributed by atoms with van der Waals surface area (Å²) in [6.45, 7) is 0. The van der Waals surface area contributed by atoms with Crippen LogP contribution in [0.1, 0.15) is 0 Å². The van der Waals surface area contributed by atoms with E-state index in [0.717, 1.165) is 77.3 Å². The molecule has 0 fully saturated rings. The minimum atomic E-state index is 0.552. The zero-order valence-electron chi connectivity index (χ0n) is 34.0. The predicted molar refractivity (Wildman–Crippen MR) is 259 cm³/mol. The number of para-hydroxylation sites is 4. The minimum absolute atomic E-state index is 0.552. The standard InChI is InChI=1S/C57H36N6/c1-4-17-37(18-5-1)39-21-16-24-42(35-39)62-50-29-14-11-26-44(50)47-33-34-48-45-27-12-15-30-51(45)63(54(48)53(47)62)57-59-55(38-19-6-2-7-20-38)58-56(60-57)40-31-32-46-43-25-10-13-28-49(43)61(52(46)36-40)41-22-8-3-9-23-41/h1-36H. The molecule has 0 aliphatic heterocycles. The first-order valence-corrected chi connectivity index (χ1v) is 21.3. The Morgan fingerprint density at radius 1 is 0.254 bits per heavy atom. The summed E-state index contributed by atoms with van der Waals surface area (Å²) >= 11 is 0. The van der Waals surface area contributed by atoms with Crippen molar-refractivity contribution in [3.05, 3.63) is 218 Å². The molecule has 0 atom stereocenters. The van der Waals surface area contributed by atoms with Gasteiger partial charge >= 0.3 is 0 Å². The van der Waals surface area contributed by atoms with Gasteiger partial charge in [0.15, 0.2) is 11.6 Å². The third-order valence-electron chi connectivity index (χ3n) is 12.5. The Hall–Kier alpha value is -8.61. The quantitative estimate of drug-likeness (QED) is 0.168. The SMILES string of the molecule is c1ccc(-c2cccc(-n3c4ccccc4c4ccc5c6ccccc6n(-c6nc(-c7ccccc7)nc(-c7ccc8c9ccccc9n(-c9ccccc9)c8c7)n6)c5c43)c2)cc1. The summed E-state index contributed by atoms with van der Waals surface area (Å²) in [5.74, 6) is 1.75. The number of nitrogens with zero attached hydrogens (tertiary/aromatic N) is 6. The van der Waals surface area contributed by atoms with E-state index in [0.29, 0.717) is 17.6 Å². The van der Waals surface area contributed by atoms with Crippen molar-refractivity contribution in [2.75, 3.05) is 0 Å². The van der Waals surface area contributed by atoms with Crippen LogP contribution >= 0.6 is 0 Å². The Balaban J connectivity index is 1.12. The zero-order chi connectivity index (χ0) is 41.4. The molecule has 294 valence electrons. The molecule has 6 heteroatoms. The molecule has 0 aliphatic carbocycles. The van der Waals surface area contributed by atoms with Gasteiger partial charge in [-0.05, 0) is 59.7 Å². The van der Waals surface area contributed by atoms with Gasteiger partial charge in [-0.25, -0.2) is 4.98 Å². The number of hydrogen-bond acceptors (Lipinski definition) is 3. The van der Waals surface area contributed by atoms with Crippen LogP contribution in [0, 0.1) is 0 Å². The molecule has 0 spiro atoms. The zero-order valence-corrected chi connectivity index (χ0v) is 34.0. The first-order chi connectivity index (χ1) is 31.3. The first-order valence-electron chi connectivity index (χ1n) is 21.3. The molecular weight excluding hydrogens is 769 g/mol. The summed E-state index contributed by atoms with van der Waals surface area (Å²) in [5.41, 5.74) is 12.8. The topological polar surface area (TPSA) is 53.5 Å². The largest absolute Gasteiger partial charge is 0.309 e. The van der Waals surface area contributed by atoms with Crippen molar-refractivity contribution in [2.45, 2.75) is 0 Å². The van der Waals surface area contributed by atoms with Crippen LogP contribution in [0.4, 0.5) is 0 Å². The number of hydrogen-bond donors (Lipinski definition) is 0. The molecule has 0 radical (unpaired) electrons. The number of rotatable bonds is 6. The highest BCUT2D eigenvalue weighted by molar-refractivity contribution is 6.23. The second kappa shape index (κ2) is 14.0. The fraction of sp³-hybridized carbons (Fsp3) is 0. The molecule has 0 aliphatic rings. The summed E-state index contributed by atoms with van der Waals surface area (Å²) in [5, 5.41) is 6.95. The second-order valence-electron chi connectivity index (χ2n) is 16.0. The molecule has 0 unspecified atom stereocenters. The minimum Gasteiger partial charge on any atom is -0.309 e. The smallest absolute Gasteiger partial charge is 0.238 e. The molecule has 6 nitrogen and oxygen atoms in total. The lowest BCUT2D eigenvalue weighted by molar-refractivity contribution is 0.953. The number of fused-ring (bicyclic) bond motifs is 10. The van der Waals surface area contributed by atoms with Crippen LogP contribution < -0.4 is 0 Å². The van der Waals surface area contributed by atoms with E-state index in [9.17, 15) is 0 Å². The van der Waals surface area contributed by atoms with E-state index in [-0.39, 0.29) is 0 Å². The highest BCUT2D eigenvalue weighted by atomic mass is 15.2. The van der Waals surface area contributed by atoms with Gasteiger partial charge in [-0.2, -0.15) is 9.97 Å². The molecule has 4 heterocycles. The third kappa shape index (κ3) is 5.48. The lowest BCUT2D eigenvalue weighted by atomic mass is 10.1. The maximum absolute atomic E-state index is 5.47. The molecule has 0 saturated heterocycles. The van der Waals surface area contributed by atoms with Crippen LogP contribution in [-0.2, 0) is 0 Å². The van der Waals surface area contributed by atoms with Gasteiger partial charge in [-0.3, -0.25) is 4.57 Å². The number of aromatic nitrogens is 6. The van der Waals surface area contributed by atoms with Crippen LogP contribution in [0.15, 0.2) is 218 Å². The Morgan fingerprint density at radius 3 is 1.38 bits per heavy atom. The fourth-order valence-electron chi connectivity index (χ4n) is 9.71. The molecule has 13 aromatic rings. The average molecular weight is 805 g/mol. The van der Waals surface area contributed by atoms with Crippen molar-refractivity contribution in [2.24, 2.45) is 0 Å². The van der Waals surface area contributed by atoms with Crippen molar-refractivity contribution in [3.8, 4) is 51.2 Å². The van der Waals surface area contributed by atoms with Crippen molar-refractivity contribution < 1.29 is 0 Å². The molecule has 4 aromatic heterocycles. The predicted octanol–water partition coefficient (Wildman–Crippen LogP) is 14.2. The van der Waals surface area contributed by atoms with E-state index in [2.05, 4.69) is 214 Å². The van der Waals surface area contributed by atoms with Gasteiger partial charge in [-0.1, -0.05) is 170 Å². The summed E-state index contributed by atoms with van der Waals surface area (Å²) < 4.78 is 7.02. The van der Waals surface area contributed by atoms with Crippen molar-refractivity contribution >= 4 is 65.4 Å². The lowest BCUT2D eigenvalue weighted by Gasteiger charge is -2.14. The third-order valence-corrected chi connectivity index (χ3v) is 12.5. The van der Waals surface area contributed by atoms with Gasteiger partial charge < -0.3 is 9.13 Å². The Morgan fingerprint density at radius 2 is 0.714 bits per heavy atom. The Labute approximate surface area is 362 Å². The van der Waals surface area contributed by atoms with Gasteiger partial charge in [0.2, 0.25) is 5.95 Å². The van der Waals surface area contributed by atoms with Crippen molar-refractivity contribution in [3.63, 3.8) is 0 Å². The van der Waals surface area contributed by atoms with Crippen LogP contribution in [0.2, 0.25) is 0 Å². The molecule has 0 N–H and O–H groups in total. The highest BCUT2D eigenvalue weighted by Crippen LogP contribution is 2.42. The van der Waals surface area contributed by atoms with E-state index < -0.39 is 0 Å². The lowest BCUT2D eigenvalue weighted by Crippen LogP contribution is -2.07. The van der Waals surface area contributed by atoms with E-state index >= 15 is 0 Å². The van der Waals surface area contributed by atoms with Gasteiger partial charge in [0.05, 0.1) is 33.1 Å². The van der Waals surface area contributed by atoms with E-state index in [1.165, 1.54) is 21.7 Å². The van der Waals surface area contributed by atoms with Crippen LogP contribution in [-0.4, -0.2) is 28.7 Å². The van der Waals surface area contributed by atoms with E-state index in [1.807, 2.05) is 18.2 Å². The van der Waals surface area contributed by atoms with Gasteiger partial charge in [-0.15, -0.1) is 0 Å². The number of benzene rings is 9. The summed E-state index contributed by atoms with van der Waals surface area (Å²) in [6, 6.07) is 77.3. The maximum atomic E-state index is 5.47. The molecule has 63 heavy (non-hydrogen) atoms. The van der Waals surface area contributed by atoms with E-state index in [4.69, 9.17) is 15.0 Å². The maximum Gasteiger partial charge on any atom is 0.238 e. The Kier molecular flexibility index (Phi) is 7.80. The molecule has 13 rings (SSSR count). The van der Waals surface area contributed by atoms with Gasteiger partial charge in [0.25, 0.3) is 0 Å². The van der Waals surface area contributed by atoms with Crippen LogP contribution in [0.25, 0.3) is 117 Å². The normalized spacial score (nSPS) is 11.8. The van der Waals surface area contributed by atoms with Crippen LogP contribution in [0.5, 0.6) is 0 Å². The molecule has 0 bridgehead atoms.